The predicted octanol–water partition coefficient (Wildman–Crippen LogP) is 4.15. The summed E-state index contributed by atoms with van der Waals surface area (Å²) >= 11 is 0. The first-order valence-corrected chi connectivity index (χ1v) is 6.46. The van der Waals surface area contributed by atoms with Crippen molar-refractivity contribution in [3.05, 3.63) is 24.2 Å². The molecule has 0 aromatic carbocycles. The van der Waals surface area contributed by atoms with Crippen LogP contribution in [-0.4, -0.2) is 6.04 Å². The van der Waals surface area contributed by atoms with E-state index in [-0.39, 0.29) is 0 Å². The lowest BCUT2D eigenvalue weighted by molar-refractivity contribution is 0.336. The fourth-order valence-corrected chi connectivity index (χ4v) is 2.07. The monoisotopic (exact) mass is 223 g/mol. The Kier molecular flexibility index (Phi) is 5.61. The maximum Gasteiger partial charge on any atom is 0.120 e. The van der Waals surface area contributed by atoms with Crippen LogP contribution in [0.25, 0.3) is 0 Å². The third-order valence-electron chi connectivity index (χ3n) is 3.23. The topological polar surface area (TPSA) is 25.2 Å². The van der Waals surface area contributed by atoms with Crippen molar-refractivity contribution in [1.82, 2.24) is 5.32 Å². The average Bonchev–Trinajstić information content (AvgIpc) is 2.79. The van der Waals surface area contributed by atoms with E-state index >= 15 is 0 Å². The fourth-order valence-electron chi connectivity index (χ4n) is 2.07. The van der Waals surface area contributed by atoms with Crippen LogP contribution in [0.5, 0.6) is 0 Å². The van der Waals surface area contributed by atoms with E-state index in [1.54, 1.807) is 6.26 Å². The van der Waals surface area contributed by atoms with E-state index in [0.29, 0.717) is 12.1 Å². The molecular formula is C14H25NO. The van der Waals surface area contributed by atoms with Crippen LogP contribution in [0.4, 0.5) is 0 Å². The highest BCUT2D eigenvalue weighted by Gasteiger charge is 2.15. The van der Waals surface area contributed by atoms with Gasteiger partial charge in [-0.15, -0.1) is 0 Å². The summed E-state index contributed by atoms with van der Waals surface area (Å²) < 4.78 is 5.46. The molecule has 0 aliphatic rings. The molecule has 16 heavy (non-hydrogen) atoms. The van der Waals surface area contributed by atoms with Crippen LogP contribution in [-0.2, 0) is 0 Å². The Morgan fingerprint density at radius 2 is 2.00 bits per heavy atom. The Morgan fingerprint density at radius 1 is 1.25 bits per heavy atom. The molecule has 3 atom stereocenters. The van der Waals surface area contributed by atoms with Crippen LogP contribution >= 0.6 is 0 Å². The van der Waals surface area contributed by atoms with Crippen molar-refractivity contribution >= 4 is 0 Å². The molecular weight excluding hydrogens is 198 g/mol. The minimum Gasteiger partial charge on any atom is -0.468 e. The summed E-state index contributed by atoms with van der Waals surface area (Å²) in [6, 6.07) is 4.91. The number of nitrogens with one attached hydrogen (secondary N) is 1. The van der Waals surface area contributed by atoms with Gasteiger partial charge >= 0.3 is 0 Å². The summed E-state index contributed by atoms with van der Waals surface area (Å²) in [6.45, 7) is 9.02. The molecule has 0 fully saturated rings. The van der Waals surface area contributed by atoms with Crippen LogP contribution in [0.15, 0.2) is 22.8 Å². The van der Waals surface area contributed by atoms with Crippen LogP contribution in [0.1, 0.15) is 58.8 Å². The zero-order valence-corrected chi connectivity index (χ0v) is 11.0. The summed E-state index contributed by atoms with van der Waals surface area (Å²) in [5.74, 6) is 1.84. The van der Waals surface area contributed by atoms with Crippen LogP contribution < -0.4 is 5.32 Å². The van der Waals surface area contributed by atoms with Gasteiger partial charge in [0.25, 0.3) is 0 Å². The Hall–Kier alpha value is -0.760. The first kappa shape index (κ1) is 13.3. The van der Waals surface area contributed by atoms with E-state index in [1.807, 2.05) is 6.07 Å². The van der Waals surface area contributed by atoms with E-state index in [0.717, 1.165) is 18.1 Å². The Bertz CT molecular complexity index is 268. The van der Waals surface area contributed by atoms with Crippen LogP contribution in [0, 0.1) is 5.92 Å². The first-order chi connectivity index (χ1) is 7.67. The van der Waals surface area contributed by atoms with Crippen LogP contribution in [0.3, 0.4) is 0 Å². The van der Waals surface area contributed by atoms with Crippen molar-refractivity contribution in [2.45, 2.75) is 59.0 Å². The molecule has 0 aliphatic carbocycles. The highest BCUT2D eigenvalue weighted by Crippen LogP contribution is 2.19. The fraction of sp³-hybridized carbons (Fsp3) is 0.714. The quantitative estimate of drug-likeness (QED) is 0.751. The maximum atomic E-state index is 5.46. The molecule has 0 spiro atoms. The molecule has 1 N–H and O–H groups in total. The van der Waals surface area contributed by atoms with E-state index < -0.39 is 0 Å². The van der Waals surface area contributed by atoms with Gasteiger partial charge in [-0.1, -0.05) is 27.2 Å². The number of hydrogen-bond donors (Lipinski definition) is 1. The molecule has 0 aliphatic heterocycles. The molecule has 0 saturated carbocycles. The third-order valence-corrected chi connectivity index (χ3v) is 3.23. The van der Waals surface area contributed by atoms with Crippen molar-refractivity contribution in [3.63, 3.8) is 0 Å². The van der Waals surface area contributed by atoms with Gasteiger partial charge < -0.3 is 9.73 Å². The minimum atomic E-state index is 0.356. The molecule has 1 aromatic heterocycles. The van der Waals surface area contributed by atoms with Gasteiger partial charge in [0.1, 0.15) is 5.76 Å². The maximum absolute atomic E-state index is 5.46. The lowest BCUT2D eigenvalue weighted by atomic mass is 9.99. The summed E-state index contributed by atoms with van der Waals surface area (Å²) in [7, 11) is 0. The normalized spacial score (nSPS) is 17.0. The van der Waals surface area contributed by atoms with E-state index in [1.165, 1.54) is 12.8 Å². The molecule has 1 aromatic rings. The molecule has 0 radical (unpaired) electrons. The van der Waals surface area contributed by atoms with Crippen molar-refractivity contribution in [3.8, 4) is 0 Å². The molecule has 1 heterocycles. The highest BCUT2D eigenvalue weighted by molar-refractivity contribution is 5.04. The Labute approximate surface area is 99.4 Å². The lowest BCUT2D eigenvalue weighted by Gasteiger charge is -2.22. The molecule has 2 heteroatoms. The zero-order chi connectivity index (χ0) is 12.0. The Morgan fingerprint density at radius 3 is 2.50 bits per heavy atom. The summed E-state index contributed by atoms with van der Waals surface area (Å²) in [5.41, 5.74) is 0. The van der Waals surface area contributed by atoms with Gasteiger partial charge in [0.05, 0.1) is 12.3 Å². The zero-order valence-electron chi connectivity index (χ0n) is 11.0. The van der Waals surface area contributed by atoms with E-state index in [9.17, 15) is 0 Å². The molecule has 92 valence electrons. The average molecular weight is 223 g/mol. The SMILES string of the molecule is CCC(C)CC(C)NC(CC)c1ccco1. The van der Waals surface area contributed by atoms with Gasteiger partial charge in [-0.05, 0) is 37.8 Å². The Balaban J connectivity index is 2.44. The molecule has 0 saturated heterocycles. The first-order valence-electron chi connectivity index (χ1n) is 6.46. The minimum absolute atomic E-state index is 0.356. The summed E-state index contributed by atoms with van der Waals surface area (Å²) in [5, 5.41) is 3.64. The van der Waals surface area contributed by atoms with Gasteiger partial charge in [0.15, 0.2) is 0 Å². The van der Waals surface area contributed by atoms with Crippen molar-refractivity contribution in [1.29, 1.82) is 0 Å². The standard InChI is InChI=1S/C14H25NO/c1-5-11(3)10-12(4)15-13(6-2)14-8-7-9-16-14/h7-9,11-13,15H,5-6,10H2,1-4H3. The largest absolute Gasteiger partial charge is 0.468 e. The molecule has 3 unspecified atom stereocenters. The number of furan rings is 1. The molecule has 1 rings (SSSR count). The van der Waals surface area contributed by atoms with Gasteiger partial charge in [0, 0.05) is 6.04 Å². The lowest BCUT2D eigenvalue weighted by Crippen LogP contribution is -2.31. The second-order valence-corrected chi connectivity index (χ2v) is 4.79. The molecule has 2 nitrogen and oxygen atoms in total. The second-order valence-electron chi connectivity index (χ2n) is 4.79. The van der Waals surface area contributed by atoms with Crippen molar-refractivity contribution in [2.75, 3.05) is 0 Å². The van der Waals surface area contributed by atoms with Crippen LogP contribution in [0.2, 0.25) is 0 Å². The van der Waals surface area contributed by atoms with Gasteiger partial charge in [-0.3, -0.25) is 0 Å². The van der Waals surface area contributed by atoms with Gasteiger partial charge in [0.2, 0.25) is 0 Å². The molecule has 0 amide bonds. The van der Waals surface area contributed by atoms with Gasteiger partial charge in [-0.2, -0.15) is 0 Å². The predicted molar refractivity (Wildman–Crippen MR) is 68.4 cm³/mol. The van der Waals surface area contributed by atoms with E-state index in [4.69, 9.17) is 4.42 Å². The van der Waals surface area contributed by atoms with Crippen molar-refractivity contribution in [2.24, 2.45) is 5.92 Å². The van der Waals surface area contributed by atoms with Gasteiger partial charge in [-0.25, -0.2) is 0 Å². The summed E-state index contributed by atoms with van der Waals surface area (Å²) in [6.07, 6.45) is 5.30. The van der Waals surface area contributed by atoms with E-state index in [2.05, 4.69) is 39.1 Å². The summed E-state index contributed by atoms with van der Waals surface area (Å²) in [4.78, 5) is 0. The number of rotatable bonds is 7. The number of hydrogen-bond acceptors (Lipinski definition) is 2. The second kappa shape index (κ2) is 6.74. The third kappa shape index (κ3) is 4.01. The van der Waals surface area contributed by atoms with Crippen molar-refractivity contribution < 1.29 is 4.42 Å². The smallest absolute Gasteiger partial charge is 0.120 e. The highest BCUT2D eigenvalue weighted by atomic mass is 16.3. The molecule has 0 bridgehead atoms.